The van der Waals surface area contributed by atoms with Crippen molar-refractivity contribution in [2.24, 2.45) is 0 Å². The van der Waals surface area contributed by atoms with Crippen molar-refractivity contribution < 1.29 is 17.5 Å². The van der Waals surface area contributed by atoms with E-state index in [0.29, 0.717) is 6.42 Å². The quantitative estimate of drug-likeness (QED) is 0.762. The van der Waals surface area contributed by atoms with Gasteiger partial charge in [-0.3, -0.25) is 4.79 Å². The van der Waals surface area contributed by atoms with Crippen LogP contribution in [0.3, 0.4) is 0 Å². The van der Waals surface area contributed by atoms with E-state index in [1.807, 2.05) is 6.92 Å². The summed E-state index contributed by atoms with van der Waals surface area (Å²) < 4.78 is 28.4. The Morgan fingerprint density at radius 2 is 1.88 bits per heavy atom. The van der Waals surface area contributed by atoms with Gasteiger partial charge in [0, 0.05) is 0 Å². The van der Waals surface area contributed by atoms with Crippen LogP contribution in [0, 0.1) is 6.92 Å². The summed E-state index contributed by atoms with van der Waals surface area (Å²) in [5.41, 5.74) is 0.956. The predicted molar refractivity (Wildman–Crippen MR) is 60.4 cm³/mol. The first-order valence-corrected chi connectivity index (χ1v) is 6.64. The standard InChI is InChI=1S/C11H13NO4S/c1-8-3-5-10(6-4-8)17(14,15)16-12-9(2)7-11(12)13/h3-6,9H,7H2,1-2H3/t9-/m1/s1. The number of amides is 1. The molecule has 1 aliphatic heterocycles. The van der Waals surface area contributed by atoms with Crippen LogP contribution in [0.1, 0.15) is 18.9 Å². The fraction of sp³-hybridized carbons (Fsp3) is 0.364. The number of β-lactam (4-membered cyclic amide) rings is 1. The van der Waals surface area contributed by atoms with Crippen molar-refractivity contribution >= 4 is 16.0 Å². The molecule has 92 valence electrons. The van der Waals surface area contributed by atoms with Gasteiger partial charge in [0.2, 0.25) is 5.91 Å². The molecule has 6 heteroatoms. The Morgan fingerprint density at radius 3 is 2.35 bits per heavy atom. The van der Waals surface area contributed by atoms with Crippen molar-refractivity contribution in [3.8, 4) is 0 Å². The summed E-state index contributed by atoms with van der Waals surface area (Å²) in [6.07, 6.45) is 0.323. The zero-order valence-corrected chi connectivity index (χ0v) is 10.4. The van der Waals surface area contributed by atoms with Crippen LogP contribution in [-0.2, 0) is 19.2 Å². The van der Waals surface area contributed by atoms with Crippen LogP contribution >= 0.6 is 0 Å². The van der Waals surface area contributed by atoms with E-state index in [0.717, 1.165) is 10.6 Å². The van der Waals surface area contributed by atoms with Crippen LogP contribution in [0.4, 0.5) is 0 Å². The summed E-state index contributed by atoms with van der Waals surface area (Å²) in [6.45, 7) is 3.59. The van der Waals surface area contributed by atoms with Gasteiger partial charge in [-0.15, -0.1) is 4.28 Å². The van der Waals surface area contributed by atoms with Gasteiger partial charge in [-0.2, -0.15) is 8.42 Å². The van der Waals surface area contributed by atoms with E-state index in [2.05, 4.69) is 0 Å². The van der Waals surface area contributed by atoms with E-state index in [1.54, 1.807) is 19.1 Å². The summed E-state index contributed by atoms with van der Waals surface area (Å²) in [5.74, 6) is -0.312. The van der Waals surface area contributed by atoms with Gasteiger partial charge in [0.05, 0.1) is 17.4 Å². The first-order chi connectivity index (χ1) is 7.90. The molecule has 0 saturated carbocycles. The predicted octanol–water partition coefficient (Wildman–Crippen LogP) is 1.24. The molecule has 1 fully saturated rings. The molecule has 1 aromatic rings. The minimum atomic E-state index is -3.90. The number of rotatable bonds is 3. The van der Waals surface area contributed by atoms with E-state index in [9.17, 15) is 13.2 Å². The molecule has 1 amide bonds. The Kier molecular flexibility index (Phi) is 2.92. The Bertz CT molecular complexity index is 535. The van der Waals surface area contributed by atoms with Crippen molar-refractivity contribution in [2.75, 3.05) is 0 Å². The van der Waals surface area contributed by atoms with Gasteiger partial charge in [0.15, 0.2) is 0 Å². The van der Waals surface area contributed by atoms with Gasteiger partial charge in [-0.1, -0.05) is 17.7 Å². The van der Waals surface area contributed by atoms with Gasteiger partial charge >= 0.3 is 10.1 Å². The minimum Gasteiger partial charge on any atom is -0.272 e. The van der Waals surface area contributed by atoms with Crippen molar-refractivity contribution in [1.29, 1.82) is 0 Å². The highest BCUT2D eigenvalue weighted by Gasteiger charge is 2.37. The highest BCUT2D eigenvalue weighted by atomic mass is 32.2. The number of hydroxylamine groups is 2. The normalized spacial score (nSPS) is 20.2. The van der Waals surface area contributed by atoms with Crippen molar-refractivity contribution in [1.82, 2.24) is 5.06 Å². The minimum absolute atomic E-state index is 0.0509. The molecule has 0 spiro atoms. The molecular weight excluding hydrogens is 242 g/mol. The number of benzene rings is 1. The largest absolute Gasteiger partial charge is 0.317 e. The van der Waals surface area contributed by atoms with Crippen molar-refractivity contribution in [3.05, 3.63) is 29.8 Å². The molecule has 0 bridgehead atoms. The maximum absolute atomic E-state index is 11.8. The number of carbonyl (C=O) groups excluding carboxylic acids is 1. The van der Waals surface area contributed by atoms with Crippen LogP contribution in [0.25, 0.3) is 0 Å². The number of nitrogens with zero attached hydrogens (tertiary/aromatic N) is 1. The molecule has 0 N–H and O–H groups in total. The van der Waals surface area contributed by atoms with Gasteiger partial charge < -0.3 is 0 Å². The van der Waals surface area contributed by atoms with E-state index < -0.39 is 10.1 Å². The topological polar surface area (TPSA) is 63.7 Å². The van der Waals surface area contributed by atoms with Crippen molar-refractivity contribution in [2.45, 2.75) is 31.2 Å². The smallest absolute Gasteiger partial charge is 0.272 e. The second-order valence-electron chi connectivity index (χ2n) is 4.11. The lowest BCUT2D eigenvalue weighted by atomic mass is 10.1. The average molecular weight is 255 g/mol. The fourth-order valence-electron chi connectivity index (χ4n) is 1.53. The molecule has 2 rings (SSSR count). The van der Waals surface area contributed by atoms with Crippen LogP contribution in [0.15, 0.2) is 29.2 Å². The van der Waals surface area contributed by atoms with Crippen molar-refractivity contribution in [3.63, 3.8) is 0 Å². The summed E-state index contributed by atoms with van der Waals surface area (Å²) in [4.78, 5) is 11.2. The Hall–Kier alpha value is -1.40. The number of aryl methyl sites for hydroxylation is 1. The van der Waals surface area contributed by atoms with Gasteiger partial charge in [0.25, 0.3) is 0 Å². The molecule has 1 heterocycles. The van der Waals surface area contributed by atoms with E-state index in [4.69, 9.17) is 4.28 Å². The molecule has 1 aliphatic rings. The monoisotopic (exact) mass is 255 g/mol. The second-order valence-corrected chi connectivity index (χ2v) is 5.64. The van der Waals surface area contributed by atoms with E-state index in [1.165, 1.54) is 12.1 Å². The van der Waals surface area contributed by atoms with Crippen LogP contribution in [-0.4, -0.2) is 25.4 Å². The SMILES string of the molecule is Cc1ccc(S(=O)(=O)ON2C(=O)C[C@H]2C)cc1. The lowest BCUT2D eigenvalue weighted by Crippen LogP contribution is -2.51. The molecule has 0 unspecified atom stereocenters. The molecule has 1 aromatic carbocycles. The third-order valence-corrected chi connectivity index (χ3v) is 3.81. The molecule has 1 atom stereocenters. The molecule has 17 heavy (non-hydrogen) atoms. The summed E-state index contributed by atoms with van der Waals surface area (Å²) in [6, 6.07) is 6.08. The molecular formula is C11H13NO4S. The number of carbonyl (C=O) groups is 1. The maximum Gasteiger partial charge on any atom is 0.317 e. The molecule has 0 aliphatic carbocycles. The Balaban J connectivity index is 2.19. The first-order valence-electron chi connectivity index (χ1n) is 5.23. The highest BCUT2D eigenvalue weighted by molar-refractivity contribution is 7.86. The zero-order chi connectivity index (χ0) is 12.6. The molecule has 5 nitrogen and oxygen atoms in total. The molecule has 0 aromatic heterocycles. The number of hydrogen-bond acceptors (Lipinski definition) is 4. The van der Waals surface area contributed by atoms with Crippen LogP contribution in [0.5, 0.6) is 0 Å². The second kappa shape index (κ2) is 4.12. The molecule has 1 saturated heterocycles. The lowest BCUT2D eigenvalue weighted by molar-refractivity contribution is -0.186. The summed E-state index contributed by atoms with van der Waals surface area (Å²) >= 11 is 0. The maximum atomic E-state index is 11.8. The molecule has 0 radical (unpaired) electrons. The lowest BCUT2D eigenvalue weighted by Gasteiger charge is -2.35. The van der Waals surface area contributed by atoms with Crippen LogP contribution in [0.2, 0.25) is 0 Å². The fourth-order valence-corrected chi connectivity index (χ4v) is 2.52. The highest BCUT2D eigenvalue weighted by Crippen LogP contribution is 2.23. The Labute approximate surface area is 100 Å². The van der Waals surface area contributed by atoms with Crippen LogP contribution < -0.4 is 0 Å². The zero-order valence-electron chi connectivity index (χ0n) is 9.58. The Morgan fingerprint density at radius 1 is 1.29 bits per heavy atom. The first kappa shape index (κ1) is 12.1. The average Bonchev–Trinajstić information content (AvgIpc) is 2.27. The summed E-state index contributed by atoms with van der Waals surface area (Å²) in [7, 11) is -3.90. The van der Waals surface area contributed by atoms with E-state index >= 15 is 0 Å². The summed E-state index contributed by atoms with van der Waals surface area (Å²) in [5, 5.41) is 0.898. The van der Waals surface area contributed by atoms with E-state index in [-0.39, 0.29) is 16.8 Å². The van der Waals surface area contributed by atoms with Gasteiger partial charge in [-0.05, 0) is 26.0 Å². The van der Waals surface area contributed by atoms with Gasteiger partial charge in [0.1, 0.15) is 0 Å². The number of hydrogen-bond donors (Lipinski definition) is 0. The third-order valence-electron chi connectivity index (χ3n) is 2.60. The van der Waals surface area contributed by atoms with Gasteiger partial charge in [-0.25, -0.2) is 5.06 Å². The third kappa shape index (κ3) is 2.32.